The summed E-state index contributed by atoms with van der Waals surface area (Å²) in [6.45, 7) is 6.63. The predicted molar refractivity (Wildman–Crippen MR) is 121 cm³/mol. The number of aromatic nitrogens is 1. The van der Waals surface area contributed by atoms with E-state index in [0.29, 0.717) is 24.3 Å². The van der Waals surface area contributed by atoms with Crippen LogP contribution in [-0.2, 0) is 6.54 Å². The lowest BCUT2D eigenvalue weighted by Gasteiger charge is -2.15. The molecule has 1 N–H and O–H groups in total. The summed E-state index contributed by atoms with van der Waals surface area (Å²) in [5, 5.41) is 20.3. The van der Waals surface area contributed by atoms with E-state index < -0.39 is 11.3 Å². The van der Waals surface area contributed by atoms with E-state index in [1.54, 1.807) is 24.3 Å². The van der Waals surface area contributed by atoms with Crippen LogP contribution in [0.3, 0.4) is 0 Å². The summed E-state index contributed by atoms with van der Waals surface area (Å²) in [4.78, 5) is 25.8. The van der Waals surface area contributed by atoms with Crippen LogP contribution in [0.4, 0.5) is 0 Å². The van der Waals surface area contributed by atoms with Crippen molar-refractivity contribution in [3.8, 4) is 17.7 Å². The van der Waals surface area contributed by atoms with Crippen LogP contribution in [0, 0.1) is 18.3 Å². The van der Waals surface area contributed by atoms with Gasteiger partial charge in [-0.15, -0.1) is 0 Å². The van der Waals surface area contributed by atoms with Crippen molar-refractivity contribution in [2.75, 3.05) is 6.61 Å². The molecule has 1 aromatic carbocycles. The Morgan fingerprint density at radius 2 is 1.71 bits per heavy atom. The monoisotopic (exact) mass is 424 g/mol. The van der Waals surface area contributed by atoms with Gasteiger partial charge in [0.15, 0.2) is 5.78 Å². The Hall–Kier alpha value is -3.07. The standard InChI is InChI=1S/C25H32N2O4/c1-4-6-8-9-15-27-24(29)21(17-26)18(3)22(25(27)30)23(28)19-11-13-20(14-12-19)31-16-10-7-5-2/h11-14,30H,4-10,15-16H2,1-3H3. The Bertz CT molecular complexity index is 985. The number of ether oxygens (including phenoxy) is 1. The zero-order chi connectivity index (χ0) is 22.8. The predicted octanol–water partition coefficient (Wildman–Crippen LogP) is 5.11. The maximum Gasteiger partial charge on any atom is 0.271 e. The quantitative estimate of drug-likeness (QED) is 0.377. The molecule has 0 bridgehead atoms. The summed E-state index contributed by atoms with van der Waals surface area (Å²) < 4.78 is 6.83. The highest BCUT2D eigenvalue weighted by Crippen LogP contribution is 2.26. The zero-order valence-corrected chi connectivity index (χ0v) is 18.7. The number of hydrogen-bond donors (Lipinski definition) is 1. The molecule has 1 aromatic heterocycles. The van der Waals surface area contributed by atoms with Crippen molar-refractivity contribution in [1.29, 1.82) is 5.26 Å². The Morgan fingerprint density at radius 3 is 2.32 bits per heavy atom. The minimum absolute atomic E-state index is 0.00301. The Morgan fingerprint density at radius 1 is 1.06 bits per heavy atom. The van der Waals surface area contributed by atoms with E-state index in [0.717, 1.165) is 43.1 Å². The number of hydrogen-bond acceptors (Lipinski definition) is 5. The molecule has 0 amide bonds. The van der Waals surface area contributed by atoms with Crippen LogP contribution in [0.15, 0.2) is 29.1 Å². The molecule has 31 heavy (non-hydrogen) atoms. The first-order chi connectivity index (χ1) is 15.0. The molecular weight excluding hydrogens is 392 g/mol. The van der Waals surface area contributed by atoms with Crippen molar-refractivity contribution in [2.24, 2.45) is 0 Å². The molecule has 2 rings (SSSR count). The molecule has 0 aliphatic heterocycles. The van der Waals surface area contributed by atoms with Crippen LogP contribution in [0.5, 0.6) is 11.6 Å². The van der Waals surface area contributed by atoms with Crippen LogP contribution >= 0.6 is 0 Å². The Balaban J connectivity index is 2.32. The number of benzene rings is 1. The minimum Gasteiger partial charge on any atom is -0.494 e. The Kier molecular flexibility index (Phi) is 9.33. The summed E-state index contributed by atoms with van der Waals surface area (Å²) in [6, 6.07) is 8.62. The van der Waals surface area contributed by atoms with E-state index in [9.17, 15) is 20.0 Å². The summed E-state index contributed by atoms with van der Waals surface area (Å²) in [7, 11) is 0. The van der Waals surface area contributed by atoms with E-state index in [4.69, 9.17) is 4.74 Å². The lowest BCUT2D eigenvalue weighted by atomic mass is 9.97. The smallest absolute Gasteiger partial charge is 0.271 e. The van der Waals surface area contributed by atoms with Gasteiger partial charge in [-0.2, -0.15) is 5.26 Å². The number of carbonyl (C=O) groups excluding carboxylic acids is 1. The second kappa shape index (κ2) is 11.9. The lowest BCUT2D eigenvalue weighted by Crippen LogP contribution is -2.27. The summed E-state index contributed by atoms with van der Waals surface area (Å²) >= 11 is 0. The SMILES string of the molecule is CCCCCCn1c(O)c(C(=O)c2ccc(OCCCCC)cc2)c(C)c(C#N)c1=O. The van der Waals surface area contributed by atoms with E-state index in [1.807, 2.05) is 6.07 Å². The topological polar surface area (TPSA) is 92.3 Å². The summed E-state index contributed by atoms with van der Waals surface area (Å²) in [5.41, 5.74) is -0.0868. The fourth-order valence-corrected chi connectivity index (χ4v) is 3.52. The molecule has 1 heterocycles. The molecular formula is C25H32N2O4. The van der Waals surface area contributed by atoms with Crippen LogP contribution in [0.1, 0.15) is 85.8 Å². The molecule has 6 nitrogen and oxygen atoms in total. The van der Waals surface area contributed by atoms with Gasteiger partial charge in [0.05, 0.1) is 12.2 Å². The van der Waals surface area contributed by atoms with Gasteiger partial charge in [-0.1, -0.05) is 46.0 Å². The van der Waals surface area contributed by atoms with Gasteiger partial charge in [-0.05, 0) is 49.6 Å². The van der Waals surface area contributed by atoms with E-state index in [1.165, 1.54) is 6.92 Å². The molecule has 0 radical (unpaired) electrons. The highest BCUT2D eigenvalue weighted by molar-refractivity contribution is 6.11. The molecule has 166 valence electrons. The van der Waals surface area contributed by atoms with Crippen molar-refractivity contribution in [1.82, 2.24) is 4.57 Å². The lowest BCUT2D eigenvalue weighted by molar-refractivity contribution is 0.103. The van der Waals surface area contributed by atoms with Crippen molar-refractivity contribution in [3.63, 3.8) is 0 Å². The van der Waals surface area contributed by atoms with Crippen molar-refractivity contribution in [2.45, 2.75) is 72.3 Å². The maximum atomic E-state index is 13.2. The van der Waals surface area contributed by atoms with E-state index >= 15 is 0 Å². The maximum absolute atomic E-state index is 13.2. The van der Waals surface area contributed by atoms with Crippen molar-refractivity contribution >= 4 is 5.78 Å². The average Bonchev–Trinajstić information content (AvgIpc) is 2.77. The van der Waals surface area contributed by atoms with E-state index in [2.05, 4.69) is 13.8 Å². The third kappa shape index (κ3) is 5.97. The van der Waals surface area contributed by atoms with Gasteiger partial charge in [0.2, 0.25) is 5.88 Å². The number of pyridine rings is 1. The molecule has 0 saturated carbocycles. The van der Waals surface area contributed by atoms with Crippen LogP contribution in [0.25, 0.3) is 0 Å². The molecule has 0 aliphatic carbocycles. The fraction of sp³-hybridized carbons (Fsp3) is 0.480. The van der Waals surface area contributed by atoms with Gasteiger partial charge in [0, 0.05) is 12.1 Å². The number of rotatable bonds is 12. The molecule has 0 aliphatic rings. The second-order valence-corrected chi connectivity index (χ2v) is 7.74. The van der Waals surface area contributed by atoms with Crippen molar-refractivity contribution < 1.29 is 14.6 Å². The summed E-state index contributed by atoms with van der Waals surface area (Å²) in [6.07, 6.45) is 6.84. The Labute approximate surface area is 184 Å². The largest absolute Gasteiger partial charge is 0.494 e. The van der Waals surface area contributed by atoms with Crippen LogP contribution in [0.2, 0.25) is 0 Å². The molecule has 0 atom stereocenters. The van der Waals surface area contributed by atoms with Gasteiger partial charge in [0.1, 0.15) is 17.4 Å². The number of ketones is 1. The van der Waals surface area contributed by atoms with Crippen LogP contribution in [-0.4, -0.2) is 22.1 Å². The first kappa shape index (κ1) is 24.2. The van der Waals surface area contributed by atoms with Gasteiger partial charge < -0.3 is 9.84 Å². The van der Waals surface area contributed by atoms with Gasteiger partial charge in [0.25, 0.3) is 5.56 Å². The zero-order valence-electron chi connectivity index (χ0n) is 18.7. The first-order valence-corrected chi connectivity index (χ1v) is 11.1. The van der Waals surface area contributed by atoms with E-state index in [-0.39, 0.29) is 29.1 Å². The number of unbranched alkanes of at least 4 members (excludes halogenated alkanes) is 5. The molecule has 6 heteroatoms. The number of nitrogens with zero attached hydrogens (tertiary/aromatic N) is 2. The molecule has 0 fully saturated rings. The van der Waals surface area contributed by atoms with Gasteiger partial charge in [-0.25, -0.2) is 0 Å². The third-order valence-corrected chi connectivity index (χ3v) is 5.40. The summed E-state index contributed by atoms with van der Waals surface area (Å²) in [5.74, 6) is -0.124. The first-order valence-electron chi connectivity index (χ1n) is 11.1. The van der Waals surface area contributed by atoms with Crippen molar-refractivity contribution in [3.05, 3.63) is 56.9 Å². The molecule has 2 aromatic rings. The van der Waals surface area contributed by atoms with Crippen LogP contribution < -0.4 is 10.3 Å². The molecule has 0 unspecified atom stereocenters. The second-order valence-electron chi connectivity index (χ2n) is 7.74. The highest BCUT2D eigenvalue weighted by atomic mass is 16.5. The minimum atomic E-state index is -0.554. The average molecular weight is 425 g/mol. The number of aromatic hydroxyl groups is 1. The molecule has 0 spiro atoms. The number of carbonyl (C=O) groups is 1. The normalized spacial score (nSPS) is 10.6. The van der Waals surface area contributed by atoms with Gasteiger partial charge in [-0.3, -0.25) is 14.2 Å². The highest BCUT2D eigenvalue weighted by Gasteiger charge is 2.24. The fourth-order valence-electron chi connectivity index (χ4n) is 3.52. The molecule has 0 saturated heterocycles. The van der Waals surface area contributed by atoms with Gasteiger partial charge >= 0.3 is 0 Å². The number of nitriles is 1. The third-order valence-electron chi connectivity index (χ3n) is 5.40.